The molecule has 0 amide bonds. The first-order valence-electron chi connectivity index (χ1n) is 6.90. The summed E-state index contributed by atoms with van der Waals surface area (Å²) in [5, 5.41) is 5.28. The molecular formula is C16H15N3O2. The topological polar surface area (TPSA) is 74.2 Å². The van der Waals surface area contributed by atoms with Gasteiger partial charge in [0.25, 0.3) is 0 Å². The van der Waals surface area contributed by atoms with E-state index in [0.29, 0.717) is 5.88 Å². The lowest BCUT2D eigenvalue weighted by molar-refractivity contribution is 0.415. The Morgan fingerprint density at radius 2 is 2.05 bits per heavy atom. The molecule has 0 saturated heterocycles. The first-order chi connectivity index (χ1) is 10.2. The fraction of sp³-hybridized carbons (Fsp3) is 0.250. The van der Waals surface area contributed by atoms with E-state index in [4.69, 9.17) is 20.0 Å². The van der Waals surface area contributed by atoms with Gasteiger partial charge >= 0.3 is 0 Å². The second-order valence-corrected chi connectivity index (χ2v) is 5.31. The predicted molar refractivity (Wildman–Crippen MR) is 80.3 cm³/mol. The number of nitrogen functional groups attached to an aromatic ring is 1. The lowest BCUT2D eigenvalue weighted by Crippen LogP contribution is -2.08. The lowest BCUT2D eigenvalue weighted by atomic mass is 9.87. The van der Waals surface area contributed by atoms with E-state index in [2.05, 4.69) is 11.2 Å². The van der Waals surface area contributed by atoms with E-state index in [-0.39, 0.29) is 0 Å². The molecule has 0 saturated carbocycles. The third-order valence-electron chi connectivity index (χ3n) is 4.16. The Kier molecular flexibility index (Phi) is 2.45. The number of hydrogen-bond acceptors (Lipinski definition) is 5. The average molecular weight is 281 g/mol. The van der Waals surface area contributed by atoms with Crippen LogP contribution in [0.4, 0.5) is 5.88 Å². The monoisotopic (exact) mass is 281 g/mol. The van der Waals surface area contributed by atoms with Crippen molar-refractivity contribution in [1.82, 2.24) is 10.1 Å². The first kappa shape index (κ1) is 12.2. The molecule has 1 aliphatic carbocycles. The second kappa shape index (κ2) is 4.22. The molecule has 106 valence electrons. The molecule has 1 aliphatic rings. The van der Waals surface area contributed by atoms with Gasteiger partial charge in [0, 0.05) is 28.3 Å². The summed E-state index contributed by atoms with van der Waals surface area (Å²) in [6.07, 6.45) is 1.77. The Hall–Kier alpha value is -2.56. The highest BCUT2D eigenvalue weighted by atomic mass is 16.5. The zero-order chi connectivity index (χ0) is 14.6. The number of rotatable bonds is 1. The molecule has 3 aromatic rings. The molecule has 2 aromatic heterocycles. The minimum absolute atomic E-state index is 0.421. The van der Waals surface area contributed by atoms with Crippen LogP contribution in [0.2, 0.25) is 0 Å². The number of aryl methyl sites for hydroxylation is 2. The summed E-state index contributed by atoms with van der Waals surface area (Å²) in [5.41, 5.74) is 11.9. The van der Waals surface area contributed by atoms with Crippen molar-refractivity contribution in [2.75, 3.05) is 12.8 Å². The van der Waals surface area contributed by atoms with Gasteiger partial charge in [-0.2, -0.15) is 0 Å². The Bertz CT molecular complexity index is 868. The highest BCUT2D eigenvalue weighted by Crippen LogP contribution is 2.40. The van der Waals surface area contributed by atoms with Gasteiger partial charge in [-0.15, -0.1) is 0 Å². The number of ether oxygens (including phenoxy) is 1. The van der Waals surface area contributed by atoms with Crippen molar-refractivity contribution in [1.29, 1.82) is 0 Å². The van der Waals surface area contributed by atoms with Crippen molar-refractivity contribution in [2.45, 2.75) is 19.8 Å². The molecule has 0 atom stereocenters. The summed E-state index contributed by atoms with van der Waals surface area (Å²) in [4.78, 5) is 4.70. The molecule has 4 rings (SSSR count). The summed E-state index contributed by atoms with van der Waals surface area (Å²) in [7, 11) is 1.66. The zero-order valence-corrected chi connectivity index (χ0v) is 11.9. The van der Waals surface area contributed by atoms with Crippen LogP contribution in [0.25, 0.3) is 22.2 Å². The molecule has 2 heterocycles. The van der Waals surface area contributed by atoms with Crippen LogP contribution in [0.15, 0.2) is 22.7 Å². The van der Waals surface area contributed by atoms with Gasteiger partial charge in [-0.05, 0) is 37.5 Å². The maximum Gasteiger partial charge on any atom is 0.225 e. The van der Waals surface area contributed by atoms with Gasteiger partial charge in [0.1, 0.15) is 11.4 Å². The molecular weight excluding hydrogens is 266 g/mol. The fourth-order valence-electron chi connectivity index (χ4n) is 3.16. The largest absolute Gasteiger partial charge is 0.497 e. The Morgan fingerprint density at radius 3 is 2.86 bits per heavy atom. The van der Waals surface area contributed by atoms with Gasteiger partial charge in [0.2, 0.25) is 5.88 Å². The molecule has 2 N–H and O–H groups in total. The van der Waals surface area contributed by atoms with Crippen molar-refractivity contribution in [3.8, 4) is 17.0 Å². The van der Waals surface area contributed by atoms with Gasteiger partial charge < -0.3 is 15.0 Å². The lowest BCUT2D eigenvalue weighted by Gasteiger charge is -2.19. The highest BCUT2D eigenvalue weighted by Gasteiger charge is 2.26. The number of fused-ring (bicyclic) bond motifs is 5. The maximum atomic E-state index is 5.85. The standard InChI is InChI=1S/C16H15N3O2/c1-8-14-11(5-6-12-15(14)19-21-16(12)17)10-4-3-9(20-2)7-13(10)18-8/h3-4,7H,5-6,17H2,1-2H3. The van der Waals surface area contributed by atoms with Crippen LogP contribution < -0.4 is 10.5 Å². The second-order valence-electron chi connectivity index (χ2n) is 5.31. The summed E-state index contributed by atoms with van der Waals surface area (Å²) < 4.78 is 10.4. The molecule has 0 radical (unpaired) electrons. The highest BCUT2D eigenvalue weighted by molar-refractivity contribution is 5.92. The molecule has 0 unspecified atom stereocenters. The summed E-state index contributed by atoms with van der Waals surface area (Å²) in [6, 6.07) is 6.00. The van der Waals surface area contributed by atoms with E-state index in [1.54, 1.807) is 7.11 Å². The van der Waals surface area contributed by atoms with E-state index in [0.717, 1.165) is 52.0 Å². The minimum atomic E-state index is 0.421. The van der Waals surface area contributed by atoms with Gasteiger partial charge in [-0.1, -0.05) is 5.16 Å². The fourth-order valence-corrected chi connectivity index (χ4v) is 3.16. The number of aromatic nitrogens is 2. The van der Waals surface area contributed by atoms with Crippen LogP contribution in [-0.2, 0) is 12.8 Å². The van der Waals surface area contributed by atoms with E-state index in [1.165, 1.54) is 5.56 Å². The Balaban J connectivity index is 2.06. The van der Waals surface area contributed by atoms with Gasteiger partial charge in [0.05, 0.1) is 12.6 Å². The van der Waals surface area contributed by atoms with Gasteiger partial charge in [0.15, 0.2) is 0 Å². The van der Waals surface area contributed by atoms with Crippen LogP contribution in [0, 0.1) is 6.92 Å². The predicted octanol–water partition coefficient (Wildman–Crippen LogP) is 2.89. The minimum Gasteiger partial charge on any atom is -0.497 e. The number of pyridine rings is 1. The van der Waals surface area contributed by atoms with Crippen molar-refractivity contribution >= 4 is 16.8 Å². The quantitative estimate of drug-likeness (QED) is 0.742. The molecule has 1 aromatic carbocycles. The third kappa shape index (κ3) is 1.63. The number of anilines is 1. The van der Waals surface area contributed by atoms with E-state index < -0.39 is 0 Å². The van der Waals surface area contributed by atoms with Crippen molar-refractivity contribution in [3.05, 3.63) is 35.0 Å². The number of nitrogens with zero attached hydrogens (tertiary/aromatic N) is 2. The third-order valence-corrected chi connectivity index (χ3v) is 4.16. The normalized spacial score (nSPS) is 13.0. The van der Waals surface area contributed by atoms with Crippen LogP contribution in [-0.4, -0.2) is 17.3 Å². The van der Waals surface area contributed by atoms with Crippen LogP contribution in [0.3, 0.4) is 0 Å². The average Bonchev–Trinajstić information content (AvgIpc) is 2.88. The number of nitrogens with two attached hydrogens (primary N) is 1. The van der Waals surface area contributed by atoms with Crippen LogP contribution in [0.5, 0.6) is 5.75 Å². The van der Waals surface area contributed by atoms with Gasteiger partial charge in [-0.3, -0.25) is 4.98 Å². The van der Waals surface area contributed by atoms with Crippen molar-refractivity contribution in [3.63, 3.8) is 0 Å². The van der Waals surface area contributed by atoms with E-state index >= 15 is 0 Å². The molecule has 21 heavy (non-hydrogen) atoms. The molecule has 0 aliphatic heterocycles. The van der Waals surface area contributed by atoms with Crippen LogP contribution >= 0.6 is 0 Å². The number of benzene rings is 1. The van der Waals surface area contributed by atoms with Crippen LogP contribution in [0.1, 0.15) is 16.8 Å². The molecule has 0 bridgehead atoms. The summed E-state index contributed by atoms with van der Waals surface area (Å²) in [5.74, 6) is 1.24. The number of methoxy groups -OCH3 is 1. The Morgan fingerprint density at radius 1 is 1.24 bits per heavy atom. The number of hydrogen-bond donors (Lipinski definition) is 1. The zero-order valence-electron chi connectivity index (χ0n) is 11.9. The molecule has 5 nitrogen and oxygen atoms in total. The maximum absolute atomic E-state index is 5.85. The van der Waals surface area contributed by atoms with Crippen molar-refractivity contribution < 1.29 is 9.26 Å². The summed E-state index contributed by atoms with van der Waals surface area (Å²) in [6.45, 7) is 2.00. The SMILES string of the molecule is COc1ccc2c3c(c(C)nc2c1)-c1noc(N)c1CC3. The van der Waals surface area contributed by atoms with Gasteiger partial charge in [-0.25, -0.2) is 0 Å². The smallest absolute Gasteiger partial charge is 0.225 e. The van der Waals surface area contributed by atoms with E-state index in [9.17, 15) is 0 Å². The Labute approximate surface area is 121 Å². The van der Waals surface area contributed by atoms with Crippen molar-refractivity contribution in [2.24, 2.45) is 0 Å². The molecule has 5 heteroatoms. The molecule has 0 spiro atoms. The van der Waals surface area contributed by atoms with E-state index in [1.807, 2.05) is 19.1 Å². The molecule has 0 fully saturated rings. The summed E-state index contributed by atoms with van der Waals surface area (Å²) >= 11 is 0. The first-order valence-corrected chi connectivity index (χ1v) is 6.90.